The van der Waals surface area contributed by atoms with E-state index in [0.717, 1.165) is 0 Å². The number of nitrogens with zero attached hydrogens (tertiary/aromatic N) is 2. The molecule has 0 aliphatic carbocycles. The molecule has 0 fully saturated rings. The van der Waals surface area contributed by atoms with Crippen molar-refractivity contribution in [1.82, 2.24) is 4.98 Å². The molecule has 0 saturated heterocycles. The molecule has 1 heterocycles. The number of aliphatic hydroxyl groups excluding tert-OH is 1. The fourth-order valence-electron chi connectivity index (χ4n) is 1.48. The fourth-order valence-corrected chi connectivity index (χ4v) is 1.64. The molecule has 1 rings (SSSR count). The van der Waals surface area contributed by atoms with Gasteiger partial charge in [0.1, 0.15) is 0 Å². The lowest BCUT2D eigenvalue weighted by Crippen LogP contribution is -2.21. The average molecular weight is 260 g/mol. The Hall–Kier alpha value is -1.40. The Morgan fingerprint density at radius 2 is 2.29 bits per heavy atom. The molecule has 0 spiro atoms. The van der Waals surface area contributed by atoms with E-state index < -0.39 is 11.0 Å². The third kappa shape index (κ3) is 4.16. The van der Waals surface area contributed by atoms with Gasteiger partial charge in [-0.25, -0.2) is 4.98 Å². The highest BCUT2D eigenvalue weighted by Gasteiger charge is 2.18. The summed E-state index contributed by atoms with van der Waals surface area (Å²) in [5.41, 5.74) is -0.171. The highest BCUT2D eigenvalue weighted by atomic mass is 35.5. The van der Waals surface area contributed by atoms with E-state index in [4.69, 9.17) is 11.6 Å². The molecule has 1 aromatic rings. The zero-order valence-electron chi connectivity index (χ0n) is 9.55. The second kappa shape index (κ2) is 5.79. The van der Waals surface area contributed by atoms with Gasteiger partial charge in [0, 0.05) is 18.3 Å². The summed E-state index contributed by atoms with van der Waals surface area (Å²) in [4.78, 5) is 14.1. The third-order valence-corrected chi connectivity index (χ3v) is 2.32. The van der Waals surface area contributed by atoms with Gasteiger partial charge < -0.3 is 10.4 Å². The van der Waals surface area contributed by atoms with Crippen molar-refractivity contribution in [2.24, 2.45) is 0 Å². The van der Waals surface area contributed by atoms with Crippen LogP contribution in [-0.2, 0) is 0 Å². The molecule has 2 unspecified atom stereocenters. The van der Waals surface area contributed by atoms with Crippen molar-refractivity contribution in [3.8, 4) is 0 Å². The van der Waals surface area contributed by atoms with E-state index >= 15 is 0 Å². The molecule has 1 aromatic heterocycles. The summed E-state index contributed by atoms with van der Waals surface area (Å²) in [6.07, 6.45) is 1.33. The molecule has 6 nitrogen and oxygen atoms in total. The lowest BCUT2D eigenvalue weighted by atomic mass is 10.1. The molecule has 94 valence electrons. The van der Waals surface area contributed by atoms with Gasteiger partial charge in [0.15, 0.2) is 0 Å². The molecule has 0 amide bonds. The lowest BCUT2D eigenvalue weighted by Gasteiger charge is -2.15. The summed E-state index contributed by atoms with van der Waals surface area (Å²) in [6, 6.07) is 1.12. The monoisotopic (exact) mass is 259 g/mol. The van der Waals surface area contributed by atoms with Gasteiger partial charge in [-0.15, -0.1) is 0 Å². The van der Waals surface area contributed by atoms with Gasteiger partial charge in [0.25, 0.3) is 0 Å². The van der Waals surface area contributed by atoms with Gasteiger partial charge in [0.2, 0.25) is 5.82 Å². The summed E-state index contributed by atoms with van der Waals surface area (Å²) in [5.74, 6) is 0.160. The largest absolute Gasteiger partial charge is 0.393 e. The average Bonchev–Trinajstić information content (AvgIpc) is 2.19. The van der Waals surface area contributed by atoms with Gasteiger partial charge in [-0.3, -0.25) is 10.1 Å². The lowest BCUT2D eigenvalue weighted by molar-refractivity contribution is -0.384. The summed E-state index contributed by atoms with van der Waals surface area (Å²) in [6.45, 7) is 3.47. The van der Waals surface area contributed by atoms with Crippen LogP contribution in [0.2, 0.25) is 5.02 Å². The van der Waals surface area contributed by atoms with Crippen LogP contribution >= 0.6 is 11.6 Å². The minimum Gasteiger partial charge on any atom is -0.393 e. The topological polar surface area (TPSA) is 88.3 Å². The van der Waals surface area contributed by atoms with Crippen molar-refractivity contribution < 1.29 is 10.0 Å². The van der Waals surface area contributed by atoms with E-state index in [1.807, 2.05) is 6.92 Å². The van der Waals surface area contributed by atoms with Crippen molar-refractivity contribution in [3.05, 3.63) is 27.4 Å². The first-order valence-electron chi connectivity index (χ1n) is 5.14. The van der Waals surface area contributed by atoms with Crippen molar-refractivity contribution in [2.45, 2.75) is 32.4 Å². The maximum Gasteiger partial charge on any atom is 0.312 e. The SMILES string of the molecule is CC(O)CC(C)Nc1ncc(Cl)cc1[N+](=O)[O-]. The number of hydrogen-bond acceptors (Lipinski definition) is 5. The normalized spacial score (nSPS) is 14.1. The number of pyridine rings is 1. The molecule has 0 bridgehead atoms. The molecule has 0 radical (unpaired) electrons. The van der Waals surface area contributed by atoms with E-state index in [-0.39, 0.29) is 22.6 Å². The maximum absolute atomic E-state index is 10.8. The zero-order valence-corrected chi connectivity index (χ0v) is 10.3. The van der Waals surface area contributed by atoms with Crippen LogP contribution in [0.4, 0.5) is 11.5 Å². The van der Waals surface area contributed by atoms with Crippen LogP contribution in [-0.4, -0.2) is 27.2 Å². The highest BCUT2D eigenvalue weighted by Crippen LogP contribution is 2.25. The first-order valence-corrected chi connectivity index (χ1v) is 5.52. The summed E-state index contributed by atoms with van der Waals surface area (Å²) < 4.78 is 0. The van der Waals surface area contributed by atoms with Gasteiger partial charge >= 0.3 is 5.69 Å². The van der Waals surface area contributed by atoms with Gasteiger partial charge in [-0.05, 0) is 20.3 Å². The van der Waals surface area contributed by atoms with E-state index in [1.165, 1.54) is 12.3 Å². The van der Waals surface area contributed by atoms with Crippen LogP contribution in [0.25, 0.3) is 0 Å². The van der Waals surface area contributed by atoms with Gasteiger partial charge in [-0.1, -0.05) is 11.6 Å². The van der Waals surface area contributed by atoms with E-state index in [2.05, 4.69) is 10.3 Å². The smallest absolute Gasteiger partial charge is 0.312 e. The second-order valence-electron chi connectivity index (χ2n) is 3.91. The highest BCUT2D eigenvalue weighted by molar-refractivity contribution is 6.30. The van der Waals surface area contributed by atoms with Crippen LogP contribution in [0.1, 0.15) is 20.3 Å². The van der Waals surface area contributed by atoms with E-state index in [0.29, 0.717) is 6.42 Å². The quantitative estimate of drug-likeness (QED) is 0.625. The summed E-state index contributed by atoms with van der Waals surface area (Å²) in [7, 11) is 0. The number of hydrogen-bond donors (Lipinski definition) is 2. The van der Waals surface area contributed by atoms with Crippen LogP contribution in [0.3, 0.4) is 0 Å². The Labute approximate surface area is 104 Å². The predicted octanol–water partition coefficient (Wildman–Crippen LogP) is 2.21. The molecule has 0 saturated carbocycles. The number of anilines is 1. The number of halogens is 1. The molecule has 2 atom stereocenters. The zero-order chi connectivity index (χ0) is 13.0. The number of nitro groups is 1. The second-order valence-corrected chi connectivity index (χ2v) is 4.34. The molecule has 7 heteroatoms. The Kier molecular flexibility index (Phi) is 4.65. The minimum atomic E-state index is -0.545. The predicted molar refractivity (Wildman–Crippen MR) is 65.3 cm³/mol. The first kappa shape index (κ1) is 13.7. The summed E-state index contributed by atoms with van der Waals surface area (Å²) in [5, 5.41) is 23.1. The Bertz CT molecular complexity index is 412. The molecule has 17 heavy (non-hydrogen) atoms. The standard InChI is InChI=1S/C10H14ClN3O3/c1-6(3-7(2)15)13-10-9(14(16)17)4-8(11)5-12-10/h4-7,15H,3H2,1-2H3,(H,12,13). The van der Waals surface area contributed by atoms with Crippen LogP contribution < -0.4 is 5.32 Å². The van der Waals surface area contributed by atoms with E-state index in [1.54, 1.807) is 6.92 Å². The Morgan fingerprint density at radius 3 is 2.82 bits per heavy atom. The van der Waals surface area contributed by atoms with Crippen LogP contribution in [0, 0.1) is 10.1 Å². The van der Waals surface area contributed by atoms with Crippen molar-refractivity contribution >= 4 is 23.1 Å². The summed E-state index contributed by atoms with van der Waals surface area (Å²) >= 11 is 5.65. The number of aromatic nitrogens is 1. The number of aliphatic hydroxyl groups is 1. The molecule has 0 aliphatic rings. The van der Waals surface area contributed by atoms with Crippen molar-refractivity contribution in [2.75, 3.05) is 5.32 Å². The molecular formula is C10H14ClN3O3. The number of rotatable bonds is 5. The van der Waals surface area contributed by atoms with Crippen LogP contribution in [0.5, 0.6) is 0 Å². The Balaban J connectivity index is 2.86. The molecule has 0 aromatic carbocycles. The van der Waals surface area contributed by atoms with Crippen molar-refractivity contribution in [1.29, 1.82) is 0 Å². The fraction of sp³-hybridized carbons (Fsp3) is 0.500. The third-order valence-electron chi connectivity index (χ3n) is 2.11. The van der Waals surface area contributed by atoms with Crippen molar-refractivity contribution in [3.63, 3.8) is 0 Å². The molecule has 0 aliphatic heterocycles. The number of nitrogens with one attached hydrogen (secondary N) is 1. The molecular weight excluding hydrogens is 246 g/mol. The van der Waals surface area contributed by atoms with Gasteiger partial charge in [0.05, 0.1) is 16.0 Å². The Morgan fingerprint density at radius 1 is 1.65 bits per heavy atom. The van der Waals surface area contributed by atoms with Gasteiger partial charge in [-0.2, -0.15) is 0 Å². The first-order chi connectivity index (χ1) is 7.90. The minimum absolute atomic E-state index is 0.123. The van der Waals surface area contributed by atoms with Crippen LogP contribution in [0.15, 0.2) is 12.3 Å². The van der Waals surface area contributed by atoms with E-state index in [9.17, 15) is 15.2 Å². The maximum atomic E-state index is 10.8. The molecule has 2 N–H and O–H groups in total.